The maximum atomic E-state index is 5.33. The van der Waals surface area contributed by atoms with Crippen LogP contribution in [0.3, 0.4) is 0 Å². The molecule has 14 rings (SSSR count). The van der Waals surface area contributed by atoms with Gasteiger partial charge in [0.25, 0.3) is 0 Å². The first-order valence-corrected chi connectivity index (χ1v) is 23.1. The summed E-state index contributed by atoms with van der Waals surface area (Å²) in [6.07, 6.45) is 7.17. The summed E-state index contributed by atoms with van der Waals surface area (Å²) in [4.78, 5) is 46.5. The maximum Gasteiger partial charge on any atom is 0.138 e. The first-order chi connectivity index (χ1) is 34.7. The molecule has 14 aromatic rings. The molecule has 0 amide bonds. The number of rotatable bonds is 8. The molecule has 0 saturated heterocycles. The quantitative estimate of drug-likeness (QED) is 0.144. The Morgan fingerprint density at radius 3 is 0.914 bits per heavy atom. The predicted octanol–water partition coefficient (Wildman–Crippen LogP) is 14.0. The zero-order chi connectivity index (χ0) is 46.1. The monoisotopic (exact) mass is 896 g/mol. The van der Waals surface area contributed by atoms with Gasteiger partial charge in [0.2, 0.25) is 0 Å². The molecule has 0 saturated carbocycles. The Kier molecular flexibility index (Phi) is 8.96. The molecule has 326 valence electrons. The van der Waals surface area contributed by atoms with Crippen molar-refractivity contribution in [2.75, 3.05) is 0 Å². The molecule has 10 nitrogen and oxygen atoms in total. The van der Waals surface area contributed by atoms with Gasteiger partial charge in [-0.2, -0.15) is 0 Å². The van der Waals surface area contributed by atoms with Gasteiger partial charge in [0.05, 0.1) is 67.6 Å². The number of nitrogens with zero attached hydrogens (tertiary/aromatic N) is 8. The van der Waals surface area contributed by atoms with Gasteiger partial charge in [0.1, 0.15) is 11.6 Å². The first-order valence-electron chi connectivity index (χ1n) is 23.1. The van der Waals surface area contributed by atoms with Gasteiger partial charge in [-0.1, -0.05) is 109 Å². The van der Waals surface area contributed by atoms with Crippen molar-refractivity contribution in [3.05, 3.63) is 207 Å². The lowest BCUT2D eigenvalue weighted by atomic mass is 9.92. The van der Waals surface area contributed by atoms with Crippen molar-refractivity contribution in [2.45, 2.75) is 0 Å². The summed E-state index contributed by atoms with van der Waals surface area (Å²) in [5.74, 6) is 1.61. The summed E-state index contributed by atoms with van der Waals surface area (Å²) < 4.78 is 0. The molecule has 0 bridgehead atoms. The highest BCUT2D eigenvalue weighted by Crippen LogP contribution is 2.45. The zero-order valence-electron chi connectivity index (χ0n) is 37.2. The van der Waals surface area contributed by atoms with Crippen molar-refractivity contribution in [1.82, 2.24) is 49.8 Å². The summed E-state index contributed by atoms with van der Waals surface area (Å²) in [6.45, 7) is 0. The van der Waals surface area contributed by atoms with E-state index in [0.717, 1.165) is 134 Å². The molecule has 6 aromatic carbocycles. The number of hydrogen-bond acceptors (Lipinski definition) is 8. The van der Waals surface area contributed by atoms with Gasteiger partial charge in [0, 0.05) is 68.2 Å². The average Bonchev–Trinajstić information content (AvgIpc) is 4.11. The van der Waals surface area contributed by atoms with Gasteiger partial charge < -0.3 is 9.97 Å². The van der Waals surface area contributed by atoms with E-state index in [0.29, 0.717) is 0 Å². The van der Waals surface area contributed by atoms with Gasteiger partial charge in [-0.3, -0.25) is 19.9 Å². The van der Waals surface area contributed by atoms with E-state index >= 15 is 0 Å². The molecular weight excluding hydrogens is 861 g/mol. The number of pyridine rings is 6. The summed E-state index contributed by atoms with van der Waals surface area (Å²) in [7, 11) is 0. The normalized spacial score (nSPS) is 11.7. The van der Waals surface area contributed by atoms with Gasteiger partial charge in [-0.15, -0.1) is 0 Å². The number of aromatic nitrogens is 10. The highest BCUT2D eigenvalue weighted by Gasteiger charge is 2.22. The second-order valence-electron chi connectivity index (χ2n) is 17.3. The van der Waals surface area contributed by atoms with Crippen LogP contribution in [0.15, 0.2) is 207 Å². The summed E-state index contributed by atoms with van der Waals surface area (Å²) in [6, 6.07) is 62.0. The van der Waals surface area contributed by atoms with Crippen LogP contribution in [0, 0.1) is 0 Å². The van der Waals surface area contributed by atoms with Crippen molar-refractivity contribution in [1.29, 1.82) is 0 Å². The molecule has 8 heterocycles. The Bertz CT molecular complexity index is 3760. The van der Waals surface area contributed by atoms with Crippen LogP contribution in [0.2, 0.25) is 0 Å². The lowest BCUT2D eigenvalue weighted by molar-refractivity contribution is 1.22. The molecule has 70 heavy (non-hydrogen) atoms. The van der Waals surface area contributed by atoms with E-state index in [-0.39, 0.29) is 0 Å². The molecule has 0 aliphatic heterocycles. The van der Waals surface area contributed by atoms with E-state index in [1.807, 2.05) is 72.8 Å². The molecule has 10 heteroatoms. The highest BCUT2D eigenvalue weighted by molar-refractivity contribution is 6.38. The lowest BCUT2D eigenvalue weighted by Gasteiger charge is -2.12. The number of benzene rings is 6. The van der Waals surface area contributed by atoms with Gasteiger partial charge in [-0.05, 0) is 95.1 Å². The molecule has 2 N–H and O–H groups in total. The van der Waals surface area contributed by atoms with E-state index in [1.165, 1.54) is 10.8 Å². The first kappa shape index (κ1) is 39.4. The Labute approximate surface area is 399 Å². The minimum Gasteiger partial charge on any atom is -0.337 e. The van der Waals surface area contributed by atoms with E-state index in [1.54, 1.807) is 24.8 Å². The third-order valence-corrected chi connectivity index (χ3v) is 13.2. The maximum absolute atomic E-state index is 5.33. The largest absolute Gasteiger partial charge is 0.337 e. The Morgan fingerprint density at radius 2 is 0.586 bits per heavy atom. The van der Waals surface area contributed by atoms with Crippen LogP contribution in [0.5, 0.6) is 0 Å². The Morgan fingerprint density at radius 1 is 0.257 bits per heavy atom. The topological polar surface area (TPSA) is 135 Å². The number of aromatic amines is 2. The number of fused-ring (bicyclic) bond motifs is 6. The Balaban J connectivity index is 0.836. The second-order valence-corrected chi connectivity index (χ2v) is 17.3. The number of imidazole rings is 2. The van der Waals surface area contributed by atoms with Crippen LogP contribution < -0.4 is 0 Å². The summed E-state index contributed by atoms with van der Waals surface area (Å²) >= 11 is 0. The van der Waals surface area contributed by atoms with E-state index in [2.05, 4.69) is 139 Å². The molecule has 8 aromatic heterocycles. The van der Waals surface area contributed by atoms with Crippen LogP contribution in [0.4, 0.5) is 0 Å². The molecule has 0 atom stereocenters. The third kappa shape index (κ3) is 6.57. The smallest absolute Gasteiger partial charge is 0.138 e. The van der Waals surface area contributed by atoms with Gasteiger partial charge in [0.15, 0.2) is 0 Å². The molecule has 0 aliphatic carbocycles. The number of H-pyrrole nitrogens is 2. The highest BCUT2D eigenvalue weighted by atomic mass is 14.9. The minimum atomic E-state index is 0.788. The standard InChI is InChI=1S/C60H36N10/c1-5-27-61-45(15-1)49-31-39(32-50(65-49)46-16-2-6-28-62-46)35-19-23-37(24-20-35)59-67-55-41-11-9-13-43-53(41)54-42(56(55)68-59)12-10-14-44(54)58-57(43)69-60(70-58)38-25-21-36(22-26-38)40-33-51(47-17-3-7-29-63-47)66-52(34-40)48-18-4-8-30-64-48/h1-34H,(H,67,68)(H,69,70). The van der Waals surface area contributed by atoms with Crippen molar-refractivity contribution in [3.63, 3.8) is 0 Å². The van der Waals surface area contributed by atoms with Crippen LogP contribution in [0.25, 0.3) is 145 Å². The lowest BCUT2D eigenvalue weighted by Crippen LogP contribution is -1.94. The molecular formula is C60H36N10. The number of nitrogens with one attached hydrogen (secondary N) is 2. The van der Waals surface area contributed by atoms with Crippen LogP contribution in [-0.4, -0.2) is 49.8 Å². The summed E-state index contributed by atoms with van der Waals surface area (Å²) in [5.41, 5.74) is 16.4. The fraction of sp³-hybridized carbons (Fsp3) is 0. The van der Waals surface area contributed by atoms with Crippen LogP contribution in [0.1, 0.15) is 0 Å². The van der Waals surface area contributed by atoms with E-state index < -0.39 is 0 Å². The van der Waals surface area contributed by atoms with Gasteiger partial charge >= 0.3 is 0 Å². The van der Waals surface area contributed by atoms with E-state index in [4.69, 9.17) is 19.9 Å². The predicted molar refractivity (Wildman–Crippen MR) is 280 cm³/mol. The minimum absolute atomic E-state index is 0.788. The van der Waals surface area contributed by atoms with Gasteiger partial charge in [-0.25, -0.2) is 19.9 Å². The molecule has 0 unspecified atom stereocenters. The molecule has 0 fully saturated rings. The fourth-order valence-corrected chi connectivity index (χ4v) is 9.87. The molecule has 0 aliphatic rings. The van der Waals surface area contributed by atoms with Crippen LogP contribution >= 0.6 is 0 Å². The van der Waals surface area contributed by atoms with Crippen molar-refractivity contribution in [2.24, 2.45) is 0 Å². The van der Waals surface area contributed by atoms with Crippen LogP contribution in [-0.2, 0) is 0 Å². The number of hydrogen-bond donors (Lipinski definition) is 2. The van der Waals surface area contributed by atoms with E-state index in [9.17, 15) is 0 Å². The SMILES string of the molecule is c1ccc(-c2cc(-c3ccc(-c4nc5c6cccc7c8[nH]c(-c9ccc(-c%10cc(-c%11ccccn%11)nc(-c%11ccccn%11)c%10)cc9)nc8c8cccc(c5[nH]4)c8c67)cc3)cc(-c3ccccn3)n2)nc1. The molecule has 0 spiro atoms. The second kappa shape index (κ2) is 15.9. The third-order valence-electron chi connectivity index (χ3n) is 13.2. The average molecular weight is 897 g/mol. The zero-order valence-corrected chi connectivity index (χ0v) is 37.2. The molecule has 0 radical (unpaired) electrons. The fourth-order valence-electron chi connectivity index (χ4n) is 9.87. The Hall–Kier alpha value is -9.80. The van der Waals surface area contributed by atoms with Crippen molar-refractivity contribution >= 4 is 54.4 Å². The van der Waals surface area contributed by atoms with Crippen molar-refractivity contribution in [3.8, 4) is 90.6 Å². The summed E-state index contributed by atoms with van der Waals surface area (Å²) in [5, 5.41) is 6.73. The van der Waals surface area contributed by atoms with Crippen molar-refractivity contribution < 1.29 is 0 Å².